The minimum Gasteiger partial charge on any atom is -0.309 e. The quantitative estimate of drug-likeness (QED) is 0.567. The summed E-state index contributed by atoms with van der Waals surface area (Å²) < 4.78 is 0. The second-order valence-electron chi connectivity index (χ2n) is 3.63. The minimum atomic E-state index is 0.948. The topological polar surface area (TPSA) is 12.0 Å². The van der Waals surface area contributed by atoms with Crippen LogP contribution in [0.1, 0.15) is 23.6 Å². The van der Waals surface area contributed by atoms with Crippen molar-refractivity contribution in [3.63, 3.8) is 0 Å². The summed E-state index contributed by atoms with van der Waals surface area (Å²) in [6.07, 6.45) is 4.20. The first-order valence-electron chi connectivity index (χ1n) is 5.12. The Bertz CT molecular complexity index is 313. The van der Waals surface area contributed by atoms with Gasteiger partial charge < -0.3 is 5.32 Å². The van der Waals surface area contributed by atoms with E-state index in [-0.39, 0.29) is 0 Å². The first-order valence-corrected chi connectivity index (χ1v) is 5.12. The second kappa shape index (κ2) is 5.61. The van der Waals surface area contributed by atoms with Crippen LogP contribution in [0.4, 0.5) is 0 Å². The number of hydrogen-bond acceptors (Lipinski definition) is 1. The zero-order valence-electron chi connectivity index (χ0n) is 9.30. The summed E-state index contributed by atoms with van der Waals surface area (Å²) in [5, 5.41) is 3.38. The fourth-order valence-electron chi connectivity index (χ4n) is 1.40. The Morgan fingerprint density at radius 1 is 1.29 bits per heavy atom. The Morgan fingerprint density at radius 2 is 2.07 bits per heavy atom. The zero-order valence-corrected chi connectivity index (χ0v) is 9.30. The van der Waals surface area contributed by atoms with E-state index >= 15 is 0 Å². The maximum atomic E-state index is 3.38. The van der Waals surface area contributed by atoms with E-state index in [0.29, 0.717) is 0 Å². The lowest BCUT2D eigenvalue weighted by Gasteiger charge is -2.07. The maximum Gasteiger partial charge on any atom is 0.0211 e. The van der Waals surface area contributed by atoms with Crippen molar-refractivity contribution in [2.24, 2.45) is 0 Å². The number of hydrogen-bond donors (Lipinski definition) is 1. The highest BCUT2D eigenvalue weighted by atomic mass is 14.8. The van der Waals surface area contributed by atoms with Crippen LogP contribution in [0.25, 0.3) is 0 Å². The Morgan fingerprint density at radius 3 is 2.79 bits per heavy atom. The summed E-state index contributed by atoms with van der Waals surface area (Å²) in [4.78, 5) is 0. The average Bonchev–Trinajstić information content (AvgIpc) is 2.18. The van der Waals surface area contributed by atoms with Crippen LogP contribution in [0.2, 0.25) is 0 Å². The molecule has 0 amide bonds. The van der Waals surface area contributed by atoms with Crippen molar-refractivity contribution >= 4 is 0 Å². The van der Waals surface area contributed by atoms with Gasteiger partial charge in [-0.2, -0.15) is 0 Å². The SMILES string of the molecule is CC=CCNCc1cc(C)ccc1C. The summed E-state index contributed by atoms with van der Waals surface area (Å²) >= 11 is 0. The number of nitrogens with one attached hydrogen (secondary N) is 1. The van der Waals surface area contributed by atoms with Crippen molar-refractivity contribution in [3.8, 4) is 0 Å². The van der Waals surface area contributed by atoms with Gasteiger partial charge in [0.25, 0.3) is 0 Å². The molecule has 0 saturated heterocycles. The molecule has 0 aliphatic heterocycles. The summed E-state index contributed by atoms with van der Waals surface area (Å²) in [6.45, 7) is 8.24. The third-order valence-corrected chi connectivity index (χ3v) is 2.32. The Balaban J connectivity index is 2.53. The van der Waals surface area contributed by atoms with Crippen LogP contribution in [-0.2, 0) is 6.54 Å². The van der Waals surface area contributed by atoms with Gasteiger partial charge in [0.05, 0.1) is 0 Å². The molecule has 0 unspecified atom stereocenters. The number of benzene rings is 1. The molecule has 0 radical (unpaired) electrons. The largest absolute Gasteiger partial charge is 0.309 e. The first-order chi connectivity index (χ1) is 6.74. The molecular weight excluding hydrogens is 170 g/mol. The van der Waals surface area contributed by atoms with Crippen molar-refractivity contribution < 1.29 is 0 Å². The van der Waals surface area contributed by atoms with Gasteiger partial charge in [0.1, 0.15) is 0 Å². The highest BCUT2D eigenvalue weighted by Gasteiger charge is 1.96. The van der Waals surface area contributed by atoms with Crippen LogP contribution >= 0.6 is 0 Å². The lowest BCUT2D eigenvalue weighted by molar-refractivity contribution is 0.754. The minimum absolute atomic E-state index is 0.948. The molecule has 14 heavy (non-hydrogen) atoms. The molecular formula is C13H19N. The van der Waals surface area contributed by atoms with Gasteiger partial charge in [0, 0.05) is 13.1 Å². The van der Waals surface area contributed by atoms with Crippen LogP contribution in [0.15, 0.2) is 30.4 Å². The number of allylic oxidation sites excluding steroid dienone is 1. The predicted octanol–water partition coefficient (Wildman–Crippen LogP) is 2.97. The van der Waals surface area contributed by atoms with Crippen molar-refractivity contribution in [2.45, 2.75) is 27.3 Å². The van der Waals surface area contributed by atoms with Crippen molar-refractivity contribution in [3.05, 3.63) is 47.0 Å². The summed E-state index contributed by atoms with van der Waals surface area (Å²) in [5.41, 5.74) is 4.09. The van der Waals surface area contributed by atoms with E-state index < -0.39 is 0 Å². The van der Waals surface area contributed by atoms with Crippen LogP contribution in [0.3, 0.4) is 0 Å². The van der Waals surface area contributed by atoms with Gasteiger partial charge in [-0.3, -0.25) is 0 Å². The first kappa shape index (κ1) is 11.0. The molecule has 0 bridgehead atoms. The Hall–Kier alpha value is -1.08. The zero-order chi connectivity index (χ0) is 10.4. The number of aryl methyl sites for hydroxylation is 2. The monoisotopic (exact) mass is 189 g/mol. The van der Waals surface area contributed by atoms with Crippen LogP contribution in [0, 0.1) is 13.8 Å². The molecule has 0 atom stereocenters. The fourth-order valence-corrected chi connectivity index (χ4v) is 1.40. The molecule has 0 fully saturated rings. The van der Waals surface area contributed by atoms with Gasteiger partial charge in [-0.25, -0.2) is 0 Å². The molecule has 0 aromatic heterocycles. The Labute approximate surface area is 86.8 Å². The molecule has 76 valence electrons. The highest BCUT2D eigenvalue weighted by molar-refractivity contribution is 5.30. The van der Waals surface area contributed by atoms with Gasteiger partial charge in [-0.1, -0.05) is 35.9 Å². The smallest absolute Gasteiger partial charge is 0.0211 e. The van der Waals surface area contributed by atoms with Gasteiger partial charge in [0.15, 0.2) is 0 Å². The van der Waals surface area contributed by atoms with Gasteiger partial charge >= 0.3 is 0 Å². The van der Waals surface area contributed by atoms with E-state index in [9.17, 15) is 0 Å². The molecule has 1 aromatic carbocycles. The van der Waals surface area contributed by atoms with E-state index in [1.807, 2.05) is 6.92 Å². The van der Waals surface area contributed by atoms with Crippen molar-refractivity contribution in [1.29, 1.82) is 0 Å². The molecule has 0 spiro atoms. The molecule has 1 heteroatoms. The van der Waals surface area contributed by atoms with E-state index in [1.54, 1.807) is 0 Å². The molecule has 0 aliphatic carbocycles. The molecule has 1 N–H and O–H groups in total. The molecule has 1 aromatic rings. The molecule has 0 saturated carbocycles. The molecule has 0 aliphatic rings. The molecule has 1 nitrogen and oxygen atoms in total. The van der Waals surface area contributed by atoms with Gasteiger partial charge in [-0.15, -0.1) is 0 Å². The summed E-state index contributed by atoms with van der Waals surface area (Å²) in [7, 11) is 0. The molecule has 0 heterocycles. The van der Waals surface area contributed by atoms with E-state index in [1.165, 1.54) is 16.7 Å². The lowest BCUT2D eigenvalue weighted by Crippen LogP contribution is -2.13. The van der Waals surface area contributed by atoms with E-state index in [4.69, 9.17) is 0 Å². The van der Waals surface area contributed by atoms with E-state index in [2.05, 4.69) is 49.5 Å². The Kier molecular flexibility index (Phi) is 4.41. The second-order valence-corrected chi connectivity index (χ2v) is 3.63. The normalized spacial score (nSPS) is 11.1. The standard InChI is InChI=1S/C13H19N/c1-4-5-8-14-10-13-9-11(2)6-7-12(13)3/h4-7,9,14H,8,10H2,1-3H3. The lowest BCUT2D eigenvalue weighted by atomic mass is 10.1. The molecule has 1 rings (SSSR count). The van der Waals surface area contributed by atoms with Gasteiger partial charge in [0.2, 0.25) is 0 Å². The third-order valence-electron chi connectivity index (χ3n) is 2.32. The van der Waals surface area contributed by atoms with Gasteiger partial charge in [-0.05, 0) is 31.9 Å². The average molecular weight is 189 g/mol. The predicted molar refractivity (Wildman–Crippen MR) is 62.4 cm³/mol. The van der Waals surface area contributed by atoms with Crippen LogP contribution in [0.5, 0.6) is 0 Å². The van der Waals surface area contributed by atoms with Crippen LogP contribution < -0.4 is 5.32 Å². The van der Waals surface area contributed by atoms with E-state index in [0.717, 1.165) is 13.1 Å². The maximum absolute atomic E-state index is 3.38. The third kappa shape index (κ3) is 3.35. The summed E-state index contributed by atoms with van der Waals surface area (Å²) in [6, 6.07) is 6.59. The summed E-state index contributed by atoms with van der Waals surface area (Å²) in [5.74, 6) is 0. The van der Waals surface area contributed by atoms with Crippen LogP contribution in [-0.4, -0.2) is 6.54 Å². The highest BCUT2D eigenvalue weighted by Crippen LogP contribution is 2.09. The number of rotatable bonds is 4. The van der Waals surface area contributed by atoms with Crippen molar-refractivity contribution in [2.75, 3.05) is 6.54 Å². The fraction of sp³-hybridized carbons (Fsp3) is 0.385. The van der Waals surface area contributed by atoms with Crippen molar-refractivity contribution in [1.82, 2.24) is 5.32 Å².